The van der Waals surface area contributed by atoms with Crippen molar-refractivity contribution in [2.24, 2.45) is 0 Å². The van der Waals surface area contributed by atoms with Gasteiger partial charge in [-0.2, -0.15) is 11.8 Å². The van der Waals surface area contributed by atoms with E-state index in [0.29, 0.717) is 29.8 Å². The maximum absolute atomic E-state index is 12.7. The summed E-state index contributed by atoms with van der Waals surface area (Å²) >= 11 is 1.59. The SMILES string of the molecule is CSCC[C@H](NC(=O)c1ccc2c(c1)B(O)OC2)C(=O)OCc1ccccc1. The number of thioether (sulfide) groups is 1. The molecule has 2 N–H and O–H groups in total. The first-order valence-electron chi connectivity index (χ1n) is 9.01. The van der Waals surface area contributed by atoms with Gasteiger partial charge in [0.2, 0.25) is 0 Å². The Hall–Kier alpha value is -2.29. The van der Waals surface area contributed by atoms with E-state index in [0.717, 1.165) is 11.1 Å². The van der Waals surface area contributed by atoms with Crippen LogP contribution in [0.15, 0.2) is 48.5 Å². The lowest BCUT2D eigenvalue weighted by molar-refractivity contribution is -0.147. The number of ether oxygens (including phenoxy) is 1. The van der Waals surface area contributed by atoms with Gasteiger partial charge in [-0.15, -0.1) is 0 Å². The fourth-order valence-electron chi connectivity index (χ4n) is 2.91. The first-order chi connectivity index (χ1) is 13.6. The first kappa shape index (κ1) is 20.4. The second-order valence-electron chi connectivity index (χ2n) is 6.48. The summed E-state index contributed by atoms with van der Waals surface area (Å²) < 4.78 is 10.5. The minimum Gasteiger partial charge on any atom is -0.459 e. The topological polar surface area (TPSA) is 84.9 Å². The number of esters is 1. The average Bonchev–Trinajstić information content (AvgIpc) is 3.10. The van der Waals surface area contributed by atoms with Gasteiger partial charge in [-0.05, 0) is 47.2 Å². The monoisotopic (exact) mass is 399 g/mol. The maximum Gasteiger partial charge on any atom is 0.491 e. The third-order valence-corrected chi connectivity index (χ3v) is 5.14. The molecule has 2 aromatic carbocycles. The third-order valence-electron chi connectivity index (χ3n) is 4.50. The summed E-state index contributed by atoms with van der Waals surface area (Å²) in [5.74, 6) is -0.136. The largest absolute Gasteiger partial charge is 0.491 e. The second-order valence-corrected chi connectivity index (χ2v) is 7.46. The van der Waals surface area contributed by atoms with Gasteiger partial charge in [0.15, 0.2) is 0 Å². The smallest absolute Gasteiger partial charge is 0.459 e. The second kappa shape index (κ2) is 9.77. The number of benzene rings is 2. The summed E-state index contributed by atoms with van der Waals surface area (Å²) in [5.41, 5.74) is 2.69. The van der Waals surface area contributed by atoms with Gasteiger partial charge in [0.05, 0.1) is 6.61 Å². The van der Waals surface area contributed by atoms with Crippen LogP contribution in [-0.4, -0.2) is 42.1 Å². The molecular weight excluding hydrogens is 377 g/mol. The summed E-state index contributed by atoms with van der Waals surface area (Å²) in [6.45, 7) is 0.480. The number of hydrogen-bond acceptors (Lipinski definition) is 6. The van der Waals surface area contributed by atoms with Crippen LogP contribution in [0.2, 0.25) is 0 Å². The van der Waals surface area contributed by atoms with Crippen molar-refractivity contribution in [3.8, 4) is 0 Å². The molecule has 2 aromatic rings. The van der Waals surface area contributed by atoms with Crippen molar-refractivity contribution in [3.05, 3.63) is 65.2 Å². The summed E-state index contributed by atoms with van der Waals surface area (Å²) in [7, 11) is -1.02. The Balaban J connectivity index is 1.65. The van der Waals surface area contributed by atoms with Gasteiger partial charge in [0.1, 0.15) is 12.6 Å². The average molecular weight is 399 g/mol. The highest BCUT2D eigenvalue weighted by Crippen LogP contribution is 2.12. The van der Waals surface area contributed by atoms with E-state index in [-0.39, 0.29) is 12.5 Å². The Kier molecular flexibility index (Phi) is 7.14. The Bertz CT molecular complexity index is 833. The summed E-state index contributed by atoms with van der Waals surface area (Å²) in [6, 6.07) is 13.7. The zero-order valence-corrected chi connectivity index (χ0v) is 16.4. The highest BCUT2D eigenvalue weighted by atomic mass is 32.2. The molecular formula is C20H22BNO5S. The summed E-state index contributed by atoms with van der Waals surface area (Å²) in [5, 5.41) is 12.6. The molecule has 0 radical (unpaired) electrons. The van der Waals surface area contributed by atoms with Gasteiger partial charge in [0.25, 0.3) is 5.91 Å². The van der Waals surface area contributed by atoms with Crippen molar-refractivity contribution >= 4 is 36.2 Å². The van der Waals surface area contributed by atoms with Crippen LogP contribution in [0.1, 0.15) is 27.9 Å². The highest BCUT2D eigenvalue weighted by Gasteiger charge is 2.29. The van der Waals surface area contributed by atoms with Crippen molar-refractivity contribution < 1.29 is 24.0 Å². The van der Waals surface area contributed by atoms with E-state index in [4.69, 9.17) is 9.39 Å². The molecule has 28 heavy (non-hydrogen) atoms. The molecule has 1 aliphatic rings. The predicted molar refractivity (Wildman–Crippen MR) is 109 cm³/mol. The van der Waals surface area contributed by atoms with Crippen molar-refractivity contribution in [2.75, 3.05) is 12.0 Å². The summed E-state index contributed by atoms with van der Waals surface area (Å²) in [4.78, 5) is 25.2. The van der Waals surface area contributed by atoms with E-state index >= 15 is 0 Å². The molecule has 0 saturated carbocycles. The van der Waals surface area contributed by atoms with Gasteiger partial charge >= 0.3 is 13.1 Å². The Morgan fingerprint density at radius 1 is 1.29 bits per heavy atom. The third kappa shape index (κ3) is 5.16. The van der Waals surface area contributed by atoms with Gasteiger partial charge in [-0.1, -0.05) is 36.4 Å². The molecule has 1 heterocycles. The van der Waals surface area contributed by atoms with E-state index in [1.807, 2.05) is 36.6 Å². The van der Waals surface area contributed by atoms with Crippen LogP contribution in [0.3, 0.4) is 0 Å². The molecule has 0 spiro atoms. The molecule has 6 nitrogen and oxygen atoms in total. The molecule has 0 fully saturated rings. The number of amides is 1. The fraction of sp³-hybridized carbons (Fsp3) is 0.300. The van der Waals surface area contributed by atoms with Gasteiger partial charge < -0.3 is 19.7 Å². The Morgan fingerprint density at radius 3 is 2.82 bits per heavy atom. The lowest BCUT2D eigenvalue weighted by atomic mass is 9.79. The van der Waals surface area contributed by atoms with Crippen LogP contribution < -0.4 is 10.8 Å². The molecule has 1 amide bonds. The Labute approximate surface area is 168 Å². The van der Waals surface area contributed by atoms with Gasteiger partial charge in [-0.3, -0.25) is 4.79 Å². The Morgan fingerprint density at radius 2 is 2.07 bits per heavy atom. The number of fused-ring (bicyclic) bond motifs is 1. The summed E-state index contributed by atoms with van der Waals surface area (Å²) in [6.07, 6.45) is 2.41. The number of nitrogens with one attached hydrogen (secondary N) is 1. The first-order valence-corrected chi connectivity index (χ1v) is 10.4. The van der Waals surface area contributed by atoms with Crippen LogP contribution in [0.25, 0.3) is 0 Å². The normalized spacial score (nSPS) is 13.7. The van der Waals surface area contributed by atoms with Crippen molar-refractivity contribution in [2.45, 2.75) is 25.7 Å². The number of carbonyl (C=O) groups excluding carboxylic acids is 2. The number of rotatable bonds is 8. The van der Waals surface area contributed by atoms with Crippen molar-refractivity contribution in [1.29, 1.82) is 0 Å². The van der Waals surface area contributed by atoms with E-state index in [9.17, 15) is 14.6 Å². The fourth-order valence-corrected chi connectivity index (χ4v) is 3.38. The zero-order chi connectivity index (χ0) is 19.9. The molecule has 0 aromatic heterocycles. The van der Waals surface area contributed by atoms with E-state index in [1.165, 1.54) is 0 Å². The molecule has 0 saturated heterocycles. The zero-order valence-electron chi connectivity index (χ0n) is 15.6. The lowest BCUT2D eigenvalue weighted by Gasteiger charge is -2.18. The molecule has 1 aliphatic heterocycles. The minimum atomic E-state index is -1.02. The highest BCUT2D eigenvalue weighted by molar-refractivity contribution is 7.98. The molecule has 0 unspecified atom stereocenters. The van der Waals surface area contributed by atoms with Crippen LogP contribution >= 0.6 is 11.8 Å². The maximum atomic E-state index is 12.7. The molecule has 0 bridgehead atoms. The molecule has 146 valence electrons. The molecule has 1 atom stereocenters. The molecule has 0 aliphatic carbocycles. The van der Waals surface area contributed by atoms with Crippen LogP contribution in [0.4, 0.5) is 0 Å². The van der Waals surface area contributed by atoms with Crippen LogP contribution in [0.5, 0.6) is 0 Å². The van der Waals surface area contributed by atoms with E-state index < -0.39 is 19.1 Å². The van der Waals surface area contributed by atoms with Gasteiger partial charge in [0, 0.05) is 5.56 Å². The quantitative estimate of drug-likeness (QED) is 0.517. The van der Waals surface area contributed by atoms with E-state index in [2.05, 4.69) is 5.32 Å². The standard InChI is InChI=1S/C20H22BNO5S/c1-28-10-9-18(20(24)26-12-14-5-3-2-4-6-14)22-19(23)15-7-8-16-13-27-21(25)17(16)11-15/h2-8,11,18,25H,9-10,12-13H2,1H3,(H,22,23)/t18-/m0/s1. The minimum absolute atomic E-state index is 0.160. The molecule has 3 rings (SSSR count). The number of hydrogen-bond donors (Lipinski definition) is 2. The van der Waals surface area contributed by atoms with Crippen LogP contribution in [-0.2, 0) is 27.4 Å². The van der Waals surface area contributed by atoms with Gasteiger partial charge in [-0.25, -0.2) is 4.79 Å². The van der Waals surface area contributed by atoms with Crippen LogP contribution in [0, 0.1) is 0 Å². The lowest BCUT2D eigenvalue weighted by Crippen LogP contribution is -2.42. The van der Waals surface area contributed by atoms with E-state index in [1.54, 1.807) is 30.0 Å². The predicted octanol–water partition coefficient (Wildman–Crippen LogP) is 1.50. The van der Waals surface area contributed by atoms with Crippen molar-refractivity contribution in [1.82, 2.24) is 5.32 Å². The molecule has 8 heteroatoms. The van der Waals surface area contributed by atoms with Crippen molar-refractivity contribution in [3.63, 3.8) is 0 Å². The number of carbonyl (C=O) groups is 2.